The van der Waals surface area contributed by atoms with Crippen LogP contribution in [0.2, 0.25) is 0 Å². The van der Waals surface area contributed by atoms with Gasteiger partial charge in [0, 0.05) is 17.8 Å². The zero-order valence-corrected chi connectivity index (χ0v) is 23.1. The lowest BCUT2D eigenvalue weighted by molar-refractivity contribution is 0.678. The van der Waals surface area contributed by atoms with E-state index in [-0.39, 0.29) is 12.0 Å². The van der Waals surface area contributed by atoms with Crippen LogP contribution in [0, 0.1) is 0 Å². The summed E-state index contributed by atoms with van der Waals surface area (Å²) in [6.07, 6.45) is 3.86. The normalized spacial score (nSPS) is 17.3. The number of hydrogen-bond donors (Lipinski definition) is 0. The average molecular weight is 540 g/mol. The molecule has 8 rings (SSSR count). The van der Waals surface area contributed by atoms with Crippen molar-refractivity contribution < 1.29 is 0 Å². The zero-order valence-electron chi connectivity index (χ0n) is 23.1. The first-order chi connectivity index (χ1) is 20.9. The van der Waals surface area contributed by atoms with Crippen LogP contribution >= 0.6 is 0 Å². The lowest BCUT2D eigenvalue weighted by Gasteiger charge is -2.33. The maximum atomic E-state index is 4.60. The van der Waals surface area contributed by atoms with Crippen molar-refractivity contribution in [2.45, 2.75) is 12.0 Å². The Morgan fingerprint density at radius 1 is 0.476 bits per heavy atom. The maximum absolute atomic E-state index is 4.60. The van der Waals surface area contributed by atoms with Gasteiger partial charge in [-0.1, -0.05) is 115 Å². The van der Waals surface area contributed by atoms with Crippen LogP contribution in [-0.4, -0.2) is 4.98 Å². The second kappa shape index (κ2) is 10.2. The number of benzene rings is 5. The lowest BCUT2D eigenvalue weighted by atomic mass is 9.80. The predicted molar refractivity (Wildman–Crippen MR) is 173 cm³/mol. The summed E-state index contributed by atoms with van der Waals surface area (Å²) in [6, 6.07) is 54.6. The highest BCUT2D eigenvalue weighted by molar-refractivity contribution is 6.05. The maximum Gasteiger partial charge on any atom is 0.0723 e. The van der Waals surface area contributed by atoms with Crippen molar-refractivity contribution in [3.63, 3.8) is 0 Å². The van der Waals surface area contributed by atoms with Crippen molar-refractivity contribution in [1.82, 2.24) is 4.98 Å². The molecule has 0 N–H and O–H groups in total. The quantitative estimate of drug-likeness (QED) is 0.222. The molecule has 200 valence electrons. The summed E-state index contributed by atoms with van der Waals surface area (Å²) < 4.78 is 0. The largest absolute Gasteiger partial charge is 0.331 e. The molecule has 42 heavy (non-hydrogen) atoms. The van der Waals surface area contributed by atoms with Crippen LogP contribution in [0.3, 0.4) is 0 Å². The number of aromatic nitrogens is 1. The zero-order chi connectivity index (χ0) is 27.9. The fourth-order valence-corrected chi connectivity index (χ4v) is 6.86. The Morgan fingerprint density at radius 3 is 1.69 bits per heavy atom. The molecule has 1 aromatic heterocycles. The van der Waals surface area contributed by atoms with Gasteiger partial charge in [0.15, 0.2) is 0 Å². The molecule has 3 heteroatoms. The highest BCUT2D eigenvalue weighted by Gasteiger charge is 2.48. The lowest BCUT2D eigenvalue weighted by Crippen LogP contribution is -2.25. The van der Waals surface area contributed by atoms with Gasteiger partial charge in [-0.05, 0) is 64.2 Å². The molecule has 5 aromatic carbocycles. The van der Waals surface area contributed by atoms with Crippen LogP contribution < -0.4 is 9.80 Å². The second-order valence-electron chi connectivity index (χ2n) is 10.8. The van der Waals surface area contributed by atoms with Crippen molar-refractivity contribution in [2.24, 2.45) is 0 Å². The summed E-state index contributed by atoms with van der Waals surface area (Å²) in [5.74, 6) is 0.0638. The van der Waals surface area contributed by atoms with Crippen LogP contribution in [0.1, 0.15) is 34.2 Å². The van der Waals surface area contributed by atoms with E-state index in [1.807, 2.05) is 18.5 Å². The number of pyridine rings is 1. The molecule has 0 aliphatic carbocycles. The minimum absolute atomic E-state index is 0.00525. The molecule has 3 nitrogen and oxygen atoms in total. The first kappa shape index (κ1) is 24.4. The molecule has 0 saturated heterocycles. The second-order valence-corrected chi connectivity index (χ2v) is 10.8. The fourth-order valence-electron chi connectivity index (χ4n) is 6.86. The minimum atomic E-state index is 0.00525. The highest BCUT2D eigenvalue weighted by Crippen LogP contribution is 2.62. The van der Waals surface area contributed by atoms with Gasteiger partial charge in [0.1, 0.15) is 0 Å². The number of fused-ring (bicyclic) bond motifs is 5. The topological polar surface area (TPSA) is 19.4 Å². The monoisotopic (exact) mass is 539 g/mol. The van der Waals surface area contributed by atoms with Gasteiger partial charge in [0.05, 0.1) is 35.0 Å². The Labute approximate surface area is 246 Å². The van der Waals surface area contributed by atoms with E-state index < -0.39 is 0 Å². The van der Waals surface area contributed by atoms with Gasteiger partial charge in [-0.3, -0.25) is 4.98 Å². The van der Waals surface area contributed by atoms with Crippen molar-refractivity contribution in [1.29, 1.82) is 0 Å². The van der Waals surface area contributed by atoms with Crippen molar-refractivity contribution in [3.8, 4) is 0 Å². The van der Waals surface area contributed by atoms with Gasteiger partial charge in [0.25, 0.3) is 0 Å². The molecule has 2 unspecified atom stereocenters. The summed E-state index contributed by atoms with van der Waals surface area (Å²) in [4.78, 5) is 9.59. The van der Waals surface area contributed by atoms with E-state index in [1.54, 1.807) is 0 Å². The first-order valence-corrected chi connectivity index (χ1v) is 14.5. The predicted octanol–water partition coefficient (Wildman–Crippen LogP) is 9.78. The van der Waals surface area contributed by atoms with Crippen LogP contribution in [0.25, 0.3) is 11.3 Å². The van der Waals surface area contributed by atoms with E-state index in [1.165, 1.54) is 44.9 Å². The summed E-state index contributed by atoms with van der Waals surface area (Å²) in [7, 11) is 0. The van der Waals surface area contributed by atoms with E-state index in [9.17, 15) is 0 Å². The van der Waals surface area contributed by atoms with Crippen molar-refractivity contribution in [3.05, 3.63) is 186 Å². The van der Waals surface area contributed by atoms with Gasteiger partial charge in [-0.15, -0.1) is 0 Å². The van der Waals surface area contributed by atoms with Gasteiger partial charge >= 0.3 is 0 Å². The Kier molecular flexibility index (Phi) is 5.93. The fraction of sp³-hybridized carbons (Fsp3) is 0.0513. The first-order valence-electron chi connectivity index (χ1n) is 14.5. The van der Waals surface area contributed by atoms with Crippen LogP contribution in [0.5, 0.6) is 0 Å². The van der Waals surface area contributed by atoms with Crippen molar-refractivity contribution >= 4 is 34.0 Å². The molecule has 0 spiro atoms. The molecule has 2 atom stereocenters. The molecule has 2 aliphatic rings. The molecule has 0 fully saturated rings. The summed E-state index contributed by atoms with van der Waals surface area (Å²) in [6.45, 7) is 0. The Morgan fingerprint density at radius 2 is 1.02 bits per heavy atom. The smallest absolute Gasteiger partial charge is 0.0723 e. The van der Waals surface area contributed by atoms with E-state index >= 15 is 0 Å². The SMILES string of the molecule is c1ccc(C2=C(c3ccccc3)N(c3cccnc3)C3c4ccccc4N(c4ccccc4)c4ccccc4C23)cc1. The van der Waals surface area contributed by atoms with E-state index in [0.29, 0.717) is 0 Å². The van der Waals surface area contributed by atoms with E-state index in [2.05, 4.69) is 160 Å². The molecule has 6 aromatic rings. The molecule has 0 amide bonds. The molecular weight excluding hydrogens is 510 g/mol. The molecule has 3 heterocycles. The molecular formula is C39H29N3. The number of hydrogen-bond acceptors (Lipinski definition) is 3. The van der Waals surface area contributed by atoms with E-state index in [4.69, 9.17) is 0 Å². The minimum Gasteiger partial charge on any atom is -0.331 e. The van der Waals surface area contributed by atoms with Crippen molar-refractivity contribution in [2.75, 3.05) is 9.80 Å². The third kappa shape index (κ3) is 3.86. The molecule has 2 aliphatic heterocycles. The Hall–Kier alpha value is -5.41. The number of rotatable bonds is 4. The third-order valence-corrected chi connectivity index (χ3v) is 8.48. The molecule has 0 bridgehead atoms. The Bertz CT molecular complexity index is 1880. The number of nitrogens with zero attached hydrogens (tertiary/aromatic N) is 3. The van der Waals surface area contributed by atoms with E-state index in [0.717, 1.165) is 11.4 Å². The van der Waals surface area contributed by atoms with Crippen LogP contribution in [-0.2, 0) is 0 Å². The summed E-state index contributed by atoms with van der Waals surface area (Å²) in [5.41, 5.74) is 12.2. The average Bonchev–Trinajstić information content (AvgIpc) is 3.37. The van der Waals surface area contributed by atoms with Gasteiger partial charge in [-0.25, -0.2) is 0 Å². The molecule has 0 saturated carbocycles. The summed E-state index contributed by atoms with van der Waals surface area (Å²) in [5, 5.41) is 0. The van der Waals surface area contributed by atoms with Gasteiger partial charge < -0.3 is 9.80 Å². The van der Waals surface area contributed by atoms with Gasteiger partial charge in [-0.2, -0.15) is 0 Å². The molecule has 0 radical (unpaired) electrons. The highest BCUT2D eigenvalue weighted by atomic mass is 15.2. The Balaban J connectivity index is 1.52. The van der Waals surface area contributed by atoms with Crippen LogP contribution in [0.15, 0.2) is 164 Å². The standard InChI is InChI=1S/C39H29N3/c1-4-15-28(16-5-1)36-37-32-22-10-12-24-34(32)41(30-19-8-3-9-20-30)35-25-13-11-23-33(35)39(37)42(31-21-14-26-40-27-31)38(36)29-17-6-2-7-18-29/h1-27,37,39H. The third-order valence-electron chi connectivity index (χ3n) is 8.48. The number of anilines is 4. The van der Waals surface area contributed by atoms with Crippen LogP contribution in [0.4, 0.5) is 22.7 Å². The summed E-state index contributed by atoms with van der Waals surface area (Å²) >= 11 is 0. The number of para-hydroxylation sites is 3. The van der Waals surface area contributed by atoms with Gasteiger partial charge in [0.2, 0.25) is 0 Å².